The van der Waals surface area contributed by atoms with Crippen molar-refractivity contribution in [2.24, 2.45) is 0 Å². The van der Waals surface area contributed by atoms with Gasteiger partial charge in [-0.25, -0.2) is 9.97 Å². The molecule has 8 nitrogen and oxygen atoms in total. The van der Waals surface area contributed by atoms with Gasteiger partial charge in [0.05, 0.1) is 5.69 Å². The number of nitrogens with one attached hydrogen (secondary N) is 2. The minimum absolute atomic E-state index is 0.387. The Morgan fingerprint density at radius 2 is 2.04 bits per heavy atom. The zero-order valence-electron chi connectivity index (χ0n) is 14.5. The fourth-order valence-corrected chi connectivity index (χ4v) is 2.86. The van der Waals surface area contributed by atoms with E-state index in [9.17, 15) is 0 Å². The molecule has 0 aromatic carbocycles. The van der Waals surface area contributed by atoms with Crippen LogP contribution in [0.4, 0.5) is 17.3 Å². The molecule has 4 rings (SSSR count). The minimum atomic E-state index is 0.387. The first-order chi connectivity index (χ1) is 12.3. The smallest absolute Gasteiger partial charge is 0.201 e. The van der Waals surface area contributed by atoms with E-state index in [2.05, 4.69) is 44.6 Å². The quantitative estimate of drug-likeness (QED) is 0.683. The van der Waals surface area contributed by atoms with Gasteiger partial charge in [0.25, 0.3) is 0 Å². The van der Waals surface area contributed by atoms with Crippen LogP contribution in [0.25, 0.3) is 5.65 Å². The van der Waals surface area contributed by atoms with Crippen LogP contribution in [-0.4, -0.2) is 35.8 Å². The van der Waals surface area contributed by atoms with E-state index in [1.54, 1.807) is 6.20 Å². The maximum atomic E-state index is 4.74. The van der Waals surface area contributed by atoms with Gasteiger partial charge < -0.3 is 10.6 Å². The lowest BCUT2D eigenvalue weighted by atomic mass is 10.2. The zero-order valence-corrected chi connectivity index (χ0v) is 14.5. The van der Waals surface area contributed by atoms with Gasteiger partial charge in [0.1, 0.15) is 18.0 Å². The van der Waals surface area contributed by atoms with Crippen molar-refractivity contribution in [3.8, 4) is 0 Å². The van der Waals surface area contributed by atoms with Crippen LogP contribution in [0.2, 0.25) is 0 Å². The number of fused-ring (bicyclic) bond motifs is 1. The zero-order chi connectivity index (χ0) is 17.2. The third-order valence-electron chi connectivity index (χ3n) is 4.52. The van der Waals surface area contributed by atoms with Gasteiger partial charge in [-0.05, 0) is 31.7 Å². The summed E-state index contributed by atoms with van der Waals surface area (Å²) in [5.74, 6) is 2.94. The summed E-state index contributed by atoms with van der Waals surface area (Å²) in [6, 6.07) is 4.18. The molecule has 130 valence electrons. The van der Waals surface area contributed by atoms with Crippen molar-refractivity contribution in [2.75, 3.05) is 10.6 Å². The fourth-order valence-electron chi connectivity index (χ4n) is 2.86. The molecule has 0 saturated heterocycles. The van der Waals surface area contributed by atoms with Crippen LogP contribution < -0.4 is 10.6 Å². The molecule has 0 aliphatic heterocycles. The highest BCUT2D eigenvalue weighted by molar-refractivity contribution is 5.74. The first kappa shape index (κ1) is 15.7. The molecular weight excluding hydrogens is 316 g/mol. The van der Waals surface area contributed by atoms with Gasteiger partial charge in [0, 0.05) is 24.2 Å². The highest BCUT2D eigenvalue weighted by Crippen LogP contribution is 2.39. The molecule has 0 amide bonds. The molecule has 0 bridgehead atoms. The normalized spacial score (nSPS) is 14.2. The predicted molar refractivity (Wildman–Crippen MR) is 96.1 cm³/mol. The van der Waals surface area contributed by atoms with Crippen LogP contribution >= 0.6 is 0 Å². The van der Waals surface area contributed by atoms with Crippen molar-refractivity contribution in [2.45, 2.75) is 51.5 Å². The molecule has 3 aromatic heterocycles. The molecular formula is C17H22N8. The van der Waals surface area contributed by atoms with Crippen LogP contribution in [0.5, 0.6) is 0 Å². The Kier molecular flexibility index (Phi) is 4.17. The van der Waals surface area contributed by atoms with Gasteiger partial charge in [-0.3, -0.25) is 0 Å². The molecule has 25 heavy (non-hydrogen) atoms. The number of aromatic nitrogens is 6. The topological polar surface area (TPSA) is 92.9 Å². The van der Waals surface area contributed by atoms with Crippen molar-refractivity contribution in [1.29, 1.82) is 0 Å². The van der Waals surface area contributed by atoms with Crippen molar-refractivity contribution in [1.82, 2.24) is 29.8 Å². The van der Waals surface area contributed by atoms with Gasteiger partial charge in [-0.2, -0.15) is 4.52 Å². The Balaban J connectivity index is 1.76. The number of hydrogen-bond acceptors (Lipinski definition) is 7. The lowest BCUT2D eigenvalue weighted by Crippen LogP contribution is -2.19. The van der Waals surface area contributed by atoms with Crippen molar-refractivity contribution < 1.29 is 0 Å². The van der Waals surface area contributed by atoms with E-state index in [0.29, 0.717) is 17.8 Å². The number of anilines is 3. The first-order valence-electron chi connectivity index (χ1n) is 8.84. The molecule has 1 aliphatic carbocycles. The van der Waals surface area contributed by atoms with Gasteiger partial charge in [-0.15, -0.1) is 15.3 Å². The van der Waals surface area contributed by atoms with E-state index in [0.717, 1.165) is 48.7 Å². The summed E-state index contributed by atoms with van der Waals surface area (Å²) in [6.07, 6.45) is 7.62. The molecule has 1 fully saturated rings. The van der Waals surface area contributed by atoms with E-state index in [1.165, 1.54) is 6.33 Å². The Bertz CT molecular complexity index is 852. The summed E-state index contributed by atoms with van der Waals surface area (Å²) in [5, 5.41) is 20.3. The number of rotatable bonds is 7. The lowest BCUT2D eigenvalue weighted by molar-refractivity contribution is 0.664. The van der Waals surface area contributed by atoms with Crippen molar-refractivity contribution in [3.05, 3.63) is 30.5 Å². The summed E-state index contributed by atoms with van der Waals surface area (Å²) < 4.78 is 1.87. The SMILES string of the molecule is CCC(CC)Nc1cc(Nc2ccncn2)c2nnc(C3CC3)n2n1. The van der Waals surface area contributed by atoms with E-state index >= 15 is 0 Å². The highest BCUT2D eigenvalue weighted by Gasteiger charge is 2.30. The Morgan fingerprint density at radius 3 is 2.72 bits per heavy atom. The molecule has 0 radical (unpaired) electrons. The molecule has 2 N–H and O–H groups in total. The van der Waals surface area contributed by atoms with Gasteiger partial charge in [0.15, 0.2) is 5.82 Å². The van der Waals surface area contributed by atoms with Crippen LogP contribution in [0.3, 0.4) is 0 Å². The maximum Gasteiger partial charge on any atom is 0.201 e. The third-order valence-corrected chi connectivity index (χ3v) is 4.52. The summed E-state index contributed by atoms with van der Waals surface area (Å²) in [5.41, 5.74) is 1.55. The number of nitrogens with zero attached hydrogens (tertiary/aromatic N) is 6. The van der Waals surface area contributed by atoms with E-state index < -0.39 is 0 Å². The van der Waals surface area contributed by atoms with E-state index in [-0.39, 0.29) is 0 Å². The molecule has 8 heteroatoms. The Hall–Kier alpha value is -2.77. The maximum absolute atomic E-state index is 4.74. The van der Waals surface area contributed by atoms with Crippen molar-refractivity contribution in [3.63, 3.8) is 0 Å². The molecule has 3 aromatic rings. The van der Waals surface area contributed by atoms with Crippen LogP contribution in [0, 0.1) is 0 Å². The van der Waals surface area contributed by atoms with Gasteiger partial charge in [-0.1, -0.05) is 13.8 Å². The average Bonchev–Trinajstić information content (AvgIpc) is 3.40. The predicted octanol–water partition coefficient (Wildman–Crippen LogP) is 3.14. The van der Waals surface area contributed by atoms with E-state index in [1.807, 2.05) is 16.6 Å². The second-order valence-electron chi connectivity index (χ2n) is 6.39. The average molecular weight is 338 g/mol. The third kappa shape index (κ3) is 3.24. The summed E-state index contributed by atoms with van der Waals surface area (Å²) >= 11 is 0. The monoisotopic (exact) mass is 338 g/mol. The highest BCUT2D eigenvalue weighted by atomic mass is 15.4. The fraction of sp³-hybridized carbons (Fsp3) is 0.471. The first-order valence-corrected chi connectivity index (χ1v) is 8.84. The molecule has 1 saturated carbocycles. The molecule has 3 heterocycles. The van der Waals surface area contributed by atoms with Gasteiger partial charge >= 0.3 is 0 Å². The Morgan fingerprint density at radius 1 is 1.20 bits per heavy atom. The van der Waals surface area contributed by atoms with Crippen LogP contribution in [0.15, 0.2) is 24.7 Å². The Labute approximate surface area is 146 Å². The molecule has 1 aliphatic rings. The standard InChI is InChI=1S/C17H22N8/c1-3-12(4-2)20-15-9-13(21-14-7-8-18-10-19-14)17-23-22-16(11-5-6-11)25(17)24-15/h7-12H,3-6H2,1-2H3,(H,20,24)(H,18,19,21). The van der Waals surface area contributed by atoms with E-state index in [4.69, 9.17) is 5.10 Å². The molecule has 0 atom stereocenters. The van der Waals surface area contributed by atoms with Crippen LogP contribution in [0.1, 0.15) is 51.3 Å². The second kappa shape index (κ2) is 6.62. The molecule has 0 spiro atoms. The van der Waals surface area contributed by atoms with Gasteiger partial charge in [0.2, 0.25) is 5.65 Å². The summed E-state index contributed by atoms with van der Waals surface area (Å²) in [6.45, 7) is 4.35. The summed E-state index contributed by atoms with van der Waals surface area (Å²) in [7, 11) is 0. The second-order valence-corrected chi connectivity index (χ2v) is 6.39. The minimum Gasteiger partial charge on any atom is -0.366 e. The lowest BCUT2D eigenvalue weighted by Gasteiger charge is -2.16. The largest absolute Gasteiger partial charge is 0.366 e. The molecule has 0 unspecified atom stereocenters. The summed E-state index contributed by atoms with van der Waals surface area (Å²) in [4.78, 5) is 8.19. The van der Waals surface area contributed by atoms with Crippen molar-refractivity contribution >= 4 is 23.0 Å². The number of hydrogen-bond donors (Lipinski definition) is 2. The van der Waals surface area contributed by atoms with Crippen LogP contribution in [-0.2, 0) is 0 Å².